The second-order valence-corrected chi connectivity index (χ2v) is 8.41. The molecule has 1 aromatic carbocycles. The minimum Gasteiger partial charge on any atom is -0.508 e. The van der Waals surface area contributed by atoms with E-state index in [4.69, 9.17) is 9.47 Å². The fourth-order valence-electron chi connectivity index (χ4n) is 2.46. The van der Waals surface area contributed by atoms with Crippen molar-refractivity contribution in [2.24, 2.45) is 0 Å². The number of nitrogens with one attached hydrogen (secondary N) is 1. The lowest BCUT2D eigenvalue weighted by molar-refractivity contribution is -0.155. The zero-order valence-corrected chi connectivity index (χ0v) is 16.8. The van der Waals surface area contributed by atoms with Crippen molar-refractivity contribution in [3.05, 3.63) is 29.3 Å². The first-order chi connectivity index (χ1) is 11.8. The van der Waals surface area contributed by atoms with Crippen LogP contribution < -0.4 is 5.32 Å². The van der Waals surface area contributed by atoms with E-state index in [2.05, 4.69) is 5.32 Å². The highest BCUT2D eigenvalue weighted by Crippen LogP contribution is 2.27. The van der Waals surface area contributed by atoms with E-state index in [1.165, 1.54) is 0 Å². The van der Waals surface area contributed by atoms with Crippen molar-refractivity contribution in [1.29, 1.82) is 0 Å². The molecule has 146 valence electrons. The molecule has 0 saturated heterocycles. The zero-order valence-electron chi connectivity index (χ0n) is 16.8. The van der Waals surface area contributed by atoms with Crippen molar-refractivity contribution in [3.8, 4) is 5.75 Å². The highest BCUT2D eigenvalue weighted by atomic mass is 16.6. The van der Waals surface area contributed by atoms with E-state index in [0.29, 0.717) is 0 Å². The number of rotatable bonds is 5. The number of hydrogen-bond acceptors (Lipinski definition) is 5. The fraction of sp³-hybridized carbons (Fsp3) is 0.600. The van der Waals surface area contributed by atoms with Crippen LogP contribution in [0, 0.1) is 6.92 Å². The molecule has 0 heterocycles. The molecule has 1 atom stereocenters. The third kappa shape index (κ3) is 8.23. The Balaban J connectivity index is 2.93. The molecule has 0 aliphatic carbocycles. The summed E-state index contributed by atoms with van der Waals surface area (Å²) in [6, 6.07) is 4.98. The second kappa shape index (κ2) is 8.43. The Labute approximate surface area is 155 Å². The van der Waals surface area contributed by atoms with E-state index in [9.17, 15) is 14.7 Å². The highest BCUT2D eigenvalue weighted by molar-refractivity contribution is 5.72. The number of hydrogen-bond donors (Lipinski definition) is 2. The maximum Gasteiger partial charge on any atom is 0.407 e. The summed E-state index contributed by atoms with van der Waals surface area (Å²) in [6.07, 6.45) is -0.471. The van der Waals surface area contributed by atoms with Crippen molar-refractivity contribution in [2.45, 2.75) is 72.0 Å². The lowest BCUT2D eigenvalue weighted by Crippen LogP contribution is -2.36. The van der Waals surface area contributed by atoms with E-state index >= 15 is 0 Å². The minimum atomic E-state index is -0.605. The molecule has 26 heavy (non-hydrogen) atoms. The summed E-state index contributed by atoms with van der Waals surface area (Å²) in [5.74, 6) is -0.599. The summed E-state index contributed by atoms with van der Waals surface area (Å²) in [7, 11) is 0. The number of carbonyl (C=O) groups is 2. The van der Waals surface area contributed by atoms with Gasteiger partial charge in [-0.05, 0) is 71.7 Å². The minimum absolute atomic E-state index is 0.0807. The number of aryl methyl sites for hydroxylation is 1. The van der Waals surface area contributed by atoms with Crippen LogP contribution in [0.4, 0.5) is 4.79 Å². The van der Waals surface area contributed by atoms with Crippen LogP contribution in [0.5, 0.6) is 5.75 Å². The molecule has 6 nitrogen and oxygen atoms in total. The van der Waals surface area contributed by atoms with E-state index in [1.807, 2.05) is 6.92 Å². The van der Waals surface area contributed by atoms with Crippen LogP contribution in [0.3, 0.4) is 0 Å². The molecule has 1 rings (SSSR count). The van der Waals surface area contributed by atoms with E-state index in [1.54, 1.807) is 59.7 Å². The van der Waals surface area contributed by atoms with Gasteiger partial charge in [-0.25, -0.2) is 4.79 Å². The number of aromatic hydroxyl groups is 1. The molecule has 0 aliphatic rings. The van der Waals surface area contributed by atoms with Gasteiger partial charge in [0, 0.05) is 12.5 Å². The number of esters is 1. The van der Waals surface area contributed by atoms with Gasteiger partial charge in [-0.3, -0.25) is 4.79 Å². The summed E-state index contributed by atoms with van der Waals surface area (Å²) in [5.41, 5.74) is 0.508. The summed E-state index contributed by atoms with van der Waals surface area (Å²) in [4.78, 5) is 24.2. The quantitative estimate of drug-likeness (QED) is 0.769. The molecule has 0 fully saturated rings. The normalized spacial score (nSPS) is 13.0. The predicted octanol–water partition coefficient (Wildman–Crippen LogP) is 4.04. The Morgan fingerprint density at radius 2 is 1.65 bits per heavy atom. The van der Waals surface area contributed by atoms with E-state index < -0.39 is 17.3 Å². The summed E-state index contributed by atoms with van der Waals surface area (Å²) >= 11 is 0. The molecule has 0 spiro atoms. The lowest BCUT2D eigenvalue weighted by Gasteiger charge is -2.25. The van der Waals surface area contributed by atoms with Crippen LogP contribution in [0.15, 0.2) is 18.2 Å². The Morgan fingerprint density at radius 1 is 1.08 bits per heavy atom. The van der Waals surface area contributed by atoms with Crippen LogP contribution in [-0.2, 0) is 14.3 Å². The molecular weight excluding hydrogens is 334 g/mol. The maximum absolute atomic E-state index is 12.3. The number of ether oxygens (including phenoxy) is 2. The number of alkyl carbamates (subject to hydrolysis) is 1. The molecular formula is C20H31NO5. The summed E-state index contributed by atoms with van der Waals surface area (Å²) in [6.45, 7) is 12.8. The molecule has 0 bridgehead atoms. The van der Waals surface area contributed by atoms with Crippen molar-refractivity contribution in [2.75, 3.05) is 6.54 Å². The molecule has 0 aliphatic heterocycles. The first-order valence-corrected chi connectivity index (χ1v) is 8.75. The van der Waals surface area contributed by atoms with Gasteiger partial charge in [0.2, 0.25) is 0 Å². The molecule has 0 radical (unpaired) electrons. The van der Waals surface area contributed by atoms with Gasteiger partial charge in [0.15, 0.2) is 0 Å². The standard InChI is InChI=1S/C20H31NO5/c1-13-8-9-15(22)11-16(13)14(10-17(23)25-19(2,3)4)12-21-18(24)26-20(5,6)7/h8-9,11,14,22H,10,12H2,1-7H3,(H,21,24). The van der Waals surface area contributed by atoms with E-state index in [0.717, 1.165) is 11.1 Å². The molecule has 1 amide bonds. The molecule has 0 saturated carbocycles. The predicted molar refractivity (Wildman–Crippen MR) is 100 cm³/mol. The monoisotopic (exact) mass is 365 g/mol. The Hall–Kier alpha value is -2.24. The second-order valence-electron chi connectivity index (χ2n) is 8.41. The Bertz CT molecular complexity index is 641. The van der Waals surface area contributed by atoms with Gasteiger partial charge in [0.1, 0.15) is 17.0 Å². The van der Waals surface area contributed by atoms with Crippen LogP contribution in [0.1, 0.15) is 65.0 Å². The first-order valence-electron chi connectivity index (χ1n) is 8.75. The maximum atomic E-state index is 12.3. The number of phenolic OH excluding ortho intramolecular Hbond substituents is 1. The van der Waals surface area contributed by atoms with Gasteiger partial charge in [0.05, 0.1) is 6.42 Å². The zero-order chi connectivity index (χ0) is 20.1. The molecule has 1 unspecified atom stereocenters. The average molecular weight is 365 g/mol. The topological polar surface area (TPSA) is 84.9 Å². The van der Waals surface area contributed by atoms with Gasteiger partial charge in [-0.15, -0.1) is 0 Å². The Morgan fingerprint density at radius 3 is 2.19 bits per heavy atom. The largest absolute Gasteiger partial charge is 0.508 e. The summed E-state index contributed by atoms with van der Waals surface area (Å²) in [5, 5.41) is 12.5. The smallest absolute Gasteiger partial charge is 0.407 e. The van der Waals surface area contributed by atoms with Gasteiger partial charge in [-0.1, -0.05) is 6.07 Å². The van der Waals surface area contributed by atoms with Crippen molar-refractivity contribution in [3.63, 3.8) is 0 Å². The summed E-state index contributed by atoms with van der Waals surface area (Å²) < 4.78 is 10.6. The lowest BCUT2D eigenvalue weighted by atomic mass is 9.91. The van der Waals surface area contributed by atoms with Crippen LogP contribution in [0.2, 0.25) is 0 Å². The van der Waals surface area contributed by atoms with Crippen LogP contribution in [0.25, 0.3) is 0 Å². The average Bonchev–Trinajstić information content (AvgIpc) is 2.42. The number of phenols is 1. The van der Waals surface area contributed by atoms with Gasteiger partial charge in [0.25, 0.3) is 0 Å². The fourth-order valence-corrected chi connectivity index (χ4v) is 2.46. The van der Waals surface area contributed by atoms with Crippen molar-refractivity contribution in [1.82, 2.24) is 5.32 Å². The van der Waals surface area contributed by atoms with Crippen LogP contribution in [-0.4, -0.2) is 34.9 Å². The third-order valence-corrected chi connectivity index (χ3v) is 3.43. The van der Waals surface area contributed by atoms with Crippen molar-refractivity contribution >= 4 is 12.1 Å². The third-order valence-electron chi connectivity index (χ3n) is 3.43. The van der Waals surface area contributed by atoms with Gasteiger partial charge < -0.3 is 19.9 Å². The molecule has 6 heteroatoms. The SMILES string of the molecule is Cc1ccc(O)cc1C(CNC(=O)OC(C)(C)C)CC(=O)OC(C)(C)C. The molecule has 1 aromatic rings. The highest BCUT2D eigenvalue weighted by Gasteiger charge is 2.24. The Kier molecular flexibility index (Phi) is 7.07. The van der Waals surface area contributed by atoms with E-state index in [-0.39, 0.29) is 30.6 Å². The van der Waals surface area contributed by atoms with Crippen LogP contribution >= 0.6 is 0 Å². The van der Waals surface area contributed by atoms with Gasteiger partial charge >= 0.3 is 12.1 Å². The number of benzene rings is 1. The molecule has 2 N–H and O–H groups in total. The first kappa shape index (κ1) is 21.8. The van der Waals surface area contributed by atoms with Crippen molar-refractivity contribution < 1.29 is 24.2 Å². The van der Waals surface area contributed by atoms with Gasteiger partial charge in [-0.2, -0.15) is 0 Å². The molecule has 0 aromatic heterocycles. The number of amides is 1. The number of carbonyl (C=O) groups excluding carboxylic acids is 2.